The Bertz CT molecular complexity index is 1260. The number of alkyl halides is 3. The summed E-state index contributed by atoms with van der Waals surface area (Å²) in [5.74, 6) is -0.203. The lowest BCUT2D eigenvalue weighted by Gasteiger charge is -2.15. The number of halogens is 3. The van der Waals surface area contributed by atoms with Gasteiger partial charge in [0.05, 0.1) is 11.4 Å². The second-order valence-electron chi connectivity index (χ2n) is 7.36. The van der Waals surface area contributed by atoms with Crippen molar-refractivity contribution >= 4 is 0 Å². The molecule has 8 heteroatoms. The fraction of sp³-hybridized carbons (Fsp3) is 0.167. The van der Waals surface area contributed by atoms with E-state index >= 15 is 0 Å². The fourth-order valence-corrected chi connectivity index (χ4v) is 3.63. The van der Waals surface area contributed by atoms with Gasteiger partial charge in [-0.05, 0) is 74.0 Å². The summed E-state index contributed by atoms with van der Waals surface area (Å²) in [6.07, 6.45) is -4.14. The molecular weight excluding hydrogens is 419 g/mol. The number of hydrogen-bond donors (Lipinski definition) is 2. The number of aromatic nitrogens is 3. The van der Waals surface area contributed by atoms with E-state index in [9.17, 15) is 23.4 Å². The maximum atomic E-state index is 13.9. The third kappa shape index (κ3) is 3.91. The van der Waals surface area contributed by atoms with Crippen LogP contribution in [0.25, 0.3) is 28.3 Å². The molecule has 0 saturated heterocycles. The van der Waals surface area contributed by atoms with Gasteiger partial charge in [0.15, 0.2) is 5.82 Å². The van der Waals surface area contributed by atoms with Crippen molar-refractivity contribution < 1.29 is 23.4 Å². The first-order valence-corrected chi connectivity index (χ1v) is 9.95. The average Bonchev–Trinajstić information content (AvgIpc) is 3.13. The molecule has 0 aliphatic rings. The lowest BCUT2D eigenvalue weighted by molar-refractivity contribution is -0.137. The molecule has 4 aromatic rings. The van der Waals surface area contributed by atoms with E-state index in [2.05, 4.69) is 10.1 Å². The van der Waals surface area contributed by atoms with Gasteiger partial charge in [0.2, 0.25) is 0 Å². The number of hydrogen-bond acceptors (Lipinski definition) is 4. The molecule has 0 spiro atoms. The van der Waals surface area contributed by atoms with E-state index in [0.717, 1.165) is 11.6 Å². The maximum Gasteiger partial charge on any atom is 0.420 e. The Morgan fingerprint density at radius 1 is 0.844 bits per heavy atom. The van der Waals surface area contributed by atoms with Crippen molar-refractivity contribution in [1.82, 2.24) is 14.8 Å². The van der Waals surface area contributed by atoms with Gasteiger partial charge in [-0.15, -0.1) is 0 Å². The van der Waals surface area contributed by atoms with Gasteiger partial charge in [-0.1, -0.05) is 6.92 Å². The molecular formula is C24H20F3N3O2. The standard InChI is InChI=1S/C24H20F3N3O2/c1-3-19-21(15-5-9-17(31)10-6-15)29-30(22(19)16-7-11-18(32)12-8-16)23-20(24(25,26)27)13-4-14(2)28-23/h4-13,31-32H,3H2,1-2H3. The number of pyridine rings is 1. The predicted octanol–water partition coefficient (Wildman–Crippen LogP) is 5.90. The summed E-state index contributed by atoms with van der Waals surface area (Å²) in [4.78, 5) is 4.20. The van der Waals surface area contributed by atoms with Gasteiger partial charge in [0.25, 0.3) is 0 Å². The molecule has 0 saturated carbocycles. The summed E-state index contributed by atoms with van der Waals surface area (Å²) in [7, 11) is 0. The minimum atomic E-state index is -4.63. The van der Waals surface area contributed by atoms with Gasteiger partial charge in [0.1, 0.15) is 17.1 Å². The number of rotatable bonds is 4. The van der Waals surface area contributed by atoms with Gasteiger partial charge >= 0.3 is 6.18 Å². The summed E-state index contributed by atoms with van der Waals surface area (Å²) in [5, 5.41) is 23.9. The largest absolute Gasteiger partial charge is 0.508 e. The highest BCUT2D eigenvalue weighted by molar-refractivity contribution is 5.76. The van der Waals surface area contributed by atoms with Gasteiger partial charge in [0, 0.05) is 22.4 Å². The molecule has 0 unspecified atom stereocenters. The Labute approximate surface area is 182 Å². The van der Waals surface area contributed by atoms with Crippen molar-refractivity contribution in [2.75, 3.05) is 0 Å². The molecule has 32 heavy (non-hydrogen) atoms. The van der Waals surface area contributed by atoms with Gasteiger partial charge < -0.3 is 10.2 Å². The SMILES string of the molecule is CCc1c(-c2ccc(O)cc2)nn(-c2nc(C)ccc2C(F)(F)F)c1-c1ccc(O)cc1. The van der Waals surface area contributed by atoms with E-state index in [1.165, 1.54) is 35.0 Å². The minimum absolute atomic E-state index is 0.0429. The van der Waals surface area contributed by atoms with Crippen molar-refractivity contribution in [1.29, 1.82) is 0 Å². The molecule has 0 radical (unpaired) electrons. The average molecular weight is 439 g/mol. The van der Waals surface area contributed by atoms with Gasteiger partial charge in [-0.3, -0.25) is 0 Å². The lowest BCUT2D eigenvalue weighted by Crippen LogP contribution is -2.15. The number of phenolic OH excluding ortho intramolecular Hbond substituents is 2. The molecule has 0 fully saturated rings. The Balaban J connectivity index is 2.08. The predicted molar refractivity (Wildman–Crippen MR) is 115 cm³/mol. The topological polar surface area (TPSA) is 71.2 Å². The van der Waals surface area contributed by atoms with Crippen LogP contribution in [0.5, 0.6) is 11.5 Å². The van der Waals surface area contributed by atoms with Crippen LogP contribution >= 0.6 is 0 Å². The summed E-state index contributed by atoms with van der Waals surface area (Å²) in [5.41, 5.74) is 2.44. The normalized spacial score (nSPS) is 11.7. The smallest absolute Gasteiger partial charge is 0.420 e. The van der Waals surface area contributed by atoms with Gasteiger partial charge in [-0.25, -0.2) is 9.67 Å². The number of benzene rings is 2. The van der Waals surface area contributed by atoms with Gasteiger partial charge in [-0.2, -0.15) is 18.3 Å². The molecule has 2 N–H and O–H groups in total. The van der Waals surface area contributed by atoms with Crippen molar-refractivity contribution in [3.05, 3.63) is 77.5 Å². The van der Waals surface area contributed by atoms with E-state index in [4.69, 9.17) is 0 Å². The van der Waals surface area contributed by atoms with E-state index in [1.54, 1.807) is 31.2 Å². The Morgan fingerprint density at radius 3 is 1.94 bits per heavy atom. The van der Waals surface area contributed by atoms with E-state index in [-0.39, 0.29) is 17.3 Å². The van der Waals surface area contributed by atoms with Crippen LogP contribution in [-0.4, -0.2) is 25.0 Å². The van der Waals surface area contributed by atoms with Crippen LogP contribution in [0.3, 0.4) is 0 Å². The molecule has 0 aliphatic heterocycles. The third-order valence-electron chi connectivity index (χ3n) is 5.14. The fourth-order valence-electron chi connectivity index (χ4n) is 3.63. The van der Waals surface area contributed by atoms with Crippen molar-refractivity contribution in [2.24, 2.45) is 0 Å². The van der Waals surface area contributed by atoms with E-state index in [0.29, 0.717) is 34.6 Å². The monoisotopic (exact) mass is 439 g/mol. The molecule has 2 heterocycles. The molecule has 0 amide bonds. The zero-order valence-corrected chi connectivity index (χ0v) is 17.4. The van der Waals surface area contributed by atoms with Crippen LogP contribution in [0.4, 0.5) is 13.2 Å². The summed E-state index contributed by atoms with van der Waals surface area (Å²) < 4.78 is 42.8. The number of phenols is 2. The summed E-state index contributed by atoms with van der Waals surface area (Å²) >= 11 is 0. The lowest BCUT2D eigenvalue weighted by atomic mass is 9.99. The first-order valence-electron chi connectivity index (χ1n) is 9.95. The first-order chi connectivity index (χ1) is 15.2. The van der Waals surface area contributed by atoms with Crippen LogP contribution < -0.4 is 0 Å². The number of aromatic hydroxyl groups is 2. The minimum Gasteiger partial charge on any atom is -0.508 e. The number of nitrogens with zero attached hydrogens (tertiary/aromatic N) is 3. The van der Waals surface area contributed by atoms with Crippen LogP contribution in [0.1, 0.15) is 23.7 Å². The first kappa shape index (κ1) is 21.4. The molecule has 0 bridgehead atoms. The zero-order valence-electron chi connectivity index (χ0n) is 17.4. The maximum absolute atomic E-state index is 13.9. The third-order valence-corrected chi connectivity index (χ3v) is 5.14. The molecule has 164 valence electrons. The quantitative estimate of drug-likeness (QED) is 0.415. The van der Waals surface area contributed by atoms with Crippen LogP contribution in [0.2, 0.25) is 0 Å². The van der Waals surface area contributed by atoms with E-state index < -0.39 is 11.7 Å². The second-order valence-corrected chi connectivity index (χ2v) is 7.36. The Kier molecular flexibility index (Phi) is 5.38. The van der Waals surface area contributed by atoms with Crippen molar-refractivity contribution in [2.45, 2.75) is 26.4 Å². The Hall–Kier alpha value is -3.81. The molecule has 5 nitrogen and oxygen atoms in total. The highest BCUT2D eigenvalue weighted by Gasteiger charge is 2.36. The highest BCUT2D eigenvalue weighted by atomic mass is 19.4. The summed E-state index contributed by atoms with van der Waals surface area (Å²) in [6.45, 7) is 3.51. The van der Waals surface area contributed by atoms with Crippen LogP contribution in [0.15, 0.2) is 60.7 Å². The van der Waals surface area contributed by atoms with Crippen LogP contribution in [-0.2, 0) is 12.6 Å². The second kappa shape index (κ2) is 8.03. The summed E-state index contributed by atoms with van der Waals surface area (Å²) in [6, 6.07) is 14.9. The number of aryl methyl sites for hydroxylation is 1. The molecule has 4 rings (SSSR count). The molecule has 2 aromatic heterocycles. The van der Waals surface area contributed by atoms with Crippen molar-refractivity contribution in [3.8, 4) is 39.8 Å². The molecule has 0 atom stereocenters. The highest BCUT2D eigenvalue weighted by Crippen LogP contribution is 2.39. The molecule has 0 aliphatic carbocycles. The molecule has 2 aromatic carbocycles. The van der Waals surface area contributed by atoms with Crippen molar-refractivity contribution in [3.63, 3.8) is 0 Å². The zero-order chi connectivity index (χ0) is 23.0. The van der Waals surface area contributed by atoms with Crippen LogP contribution in [0, 0.1) is 6.92 Å². The Morgan fingerprint density at radius 2 is 1.41 bits per heavy atom. The van der Waals surface area contributed by atoms with E-state index in [1.807, 2.05) is 6.92 Å².